The van der Waals surface area contributed by atoms with Gasteiger partial charge in [0.15, 0.2) is 5.13 Å². The van der Waals surface area contributed by atoms with Crippen LogP contribution < -0.4 is 5.32 Å². The van der Waals surface area contributed by atoms with Gasteiger partial charge < -0.3 is 4.90 Å². The van der Waals surface area contributed by atoms with Crippen molar-refractivity contribution in [2.75, 3.05) is 18.4 Å². The number of amides is 2. The van der Waals surface area contributed by atoms with E-state index in [1.165, 1.54) is 17.8 Å². The molecule has 1 N–H and O–H groups in total. The summed E-state index contributed by atoms with van der Waals surface area (Å²) in [5.41, 5.74) is 1.21. The van der Waals surface area contributed by atoms with Crippen molar-refractivity contribution in [3.8, 4) is 0 Å². The van der Waals surface area contributed by atoms with E-state index in [2.05, 4.69) is 17.2 Å². The molecular formula is C18H20ClN3O2S. The first kappa shape index (κ1) is 17.9. The highest BCUT2D eigenvalue weighted by molar-refractivity contribution is 7.14. The summed E-state index contributed by atoms with van der Waals surface area (Å²) in [5, 5.41) is 5.66. The Morgan fingerprint density at radius 3 is 2.84 bits per heavy atom. The van der Waals surface area contributed by atoms with Crippen LogP contribution in [0.4, 0.5) is 5.13 Å². The van der Waals surface area contributed by atoms with E-state index in [0.717, 1.165) is 19.5 Å². The molecule has 3 rings (SSSR count). The number of rotatable bonds is 4. The number of nitrogens with one attached hydrogen (secondary N) is 1. The quantitative estimate of drug-likeness (QED) is 0.880. The number of hydrogen-bond donors (Lipinski definition) is 1. The highest BCUT2D eigenvalue weighted by Gasteiger charge is 2.21. The summed E-state index contributed by atoms with van der Waals surface area (Å²) < 4.78 is 0. The van der Waals surface area contributed by atoms with Crippen LogP contribution in [-0.2, 0) is 11.2 Å². The van der Waals surface area contributed by atoms with Crippen molar-refractivity contribution in [1.29, 1.82) is 0 Å². The van der Waals surface area contributed by atoms with E-state index < -0.39 is 0 Å². The van der Waals surface area contributed by atoms with Crippen LogP contribution in [0, 0.1) is 5.92 Å². The molecule has 1 fully saturated rings. The summed E-state index contributed by atoms with van der Waals surface area (Å²) in [6.07, 6.45) is 2.52. The molecule has 1 unspecified atom stereocenters. The van der Waals surface area contributed by atoms with Gasteiger partial charge in [0.2, 0.25) is 5.91 Å². The minimum atomic E-state index is -0.242. The Morgan fingerprint density at radius 1 is 1.36 bits per heavy atom. The molecule has 2 heterocycles. The molecule has 0 saturated carbocycles. The van der Waals surface area contributed by atoms with E-state index >= 15 is 0 Å². The van der Waals surface area contributed by atoms with Gasteiger partial charge in [-0.15, -0.1) is 11.3 Å². The molecule has 1 aliphatic heterocycles. The maximum atomic E-state index is 12.4. The van der Waals surface area contributed by atoms with E-state index in [0.29, 0.717) is 27.3 Å². The molecule has 1 aliphatic rings. The summed E-state index contributed by atoms with van der Waals surface area (Å²) in [5.74, 6) is 0.420. The van der Waals surface area contributed by atoms with Gasteiger partial charge in [-0.25, -0.2) is 4.98 Å². The van der Waals surface area contributed by atoms with Gasteiger partial charge in [-0.2, -0.15) is 0 Å². The number of carbonyl (C=O) groups is 2. The first-order valence-corrected chi connectivity index (χ1v) is 9.56. The summed E-state index contributed by atoms with van der Waals surface area (Å²) in [6.45, 7) is 3.82. The summed E-state index contributed by atoms with van der Waals surface area (Å²) >= 11 is 7.15. The molecule has 1 atom stereocenters. The number of aromatic nitrogens is 1. The zero-order valence-electron chi connectivity index (χ0n) is 14.0. The van der Waals surface area contributed by atoms with Gasteiger partial charge >= 0.3 is 0 Å². The maximum absolute atomic E-state index is 12.4. The Labute approximate surface area is 156 Å². The van der Waals surface area contributed by atoms with Crippen LogP contribution in [0.5, 0.6) is 0 Å². The van der Waals surface area contributed by atoms with Crippen molar-refractivity contribution >= 4 is 39.9 Å². The topological polar surface area (TPSA) is 62.3 Å². The van der Waals surface area contributed by atoms with Gasteiger partial charge in [-0.05, 0) is 43.0 Å². The van der Waals surface area contributed by atoms with Crippen LogP contribution in [0.1, 0.15) is 35.8 Å². The van der Waals surface area contributed by atoms with E-state index in [9.17, 15) is 9.59 Å². The van der Waals surface area contributed by atoms with E-state index in [4.69, 9.17) is 11.6 Å². The second kappa shape index (κ2) is 7.97. The lowest BCUT2D eigenvalue weighted by molar-refractivity contribution is -0.132. The van der Waals surface area contributed by atoms with Gasteiger partial charge in [-0.3, -0.25) is 14.9 Å². The van der Waals surface area contributed by atoms with Gasteiger partial charge in [0.1, 0.15) is 0 Å². The SMILES string of the molecule is CC1CCCN(C(=O)Cc2csc(NC(=O)c3ccc(Cl)cc3)n2)C1. The smallest absolute Gasteiger partial charge is 0.257 e. The number of nitrogens with zero attached hydrogens (tertiary/aromatic N) is 2. The van der Waals surface area contributed by atoms with Crippen molar-refractivity contribution in [2.24, 2.45) is 5.92 Å². The standard InChI is InChI=1S/C18H20ClN3O2S/c1-12-3-2-8-22(10-12)16(23)9-15-11-25-18(20-15)21-17(24)13-4-6-14(19)7-5-13/h4-7,11-12H,2-3,8-10H2,1H3,(H,20,21,24). The van der Waals surface area contributed by atoms with Crippen LogP contribution >= 0.6 is 22.9 Å². The number of thiazole rings is 1. The lowest BCUT2D eigenvalue weighted by atomic mass is 10.00. The molecule has 2 aromatic rings. The zero-order valence-corrected chi connectivity index (χ0v) is 15.6. The van der Waals surface area contributed by atoms with Crippen molar-refractivity contribution in [2.45, 2.75) is 26.2 Å². The molecule has 0 radical (unpaired) electrons. The van der Waals surface area contributed by atoms with Crippen molar-refractivity contribution < 1.29 is 9.59 Å². The molecule has 2 amide bonds. The van der Waals surface area contributed by atoms with Gasteiger partial charge in [0.25, 0.3) is 5.91 Å². The van der Waals surface area contributed by atoms with Crippen LogP contribution in [0.3, 0.4) is 0 Å². The number of carbonyl (C=O) groups excluding carboxylic acids is 2. The predicted octanol–water partition coefficient (Wildman–Crippen LogP) is 3.85. The maximum Gasteiger partial charge on any atom is 0.257 e. The molecule has 5 nitrogen and oxygen atoms in total. The van der Waals surface area contributed by atoms with E-state index in [1.807, 2.05) is 10.3 Å². The van der Waals surface area contributed by atoms with Gasteiger partial charge in [-0.1, -0.05) is 18.5 Å². The number of likely N-dealkylation sites (tertiary alicyclic amines) is 1. The van der Waals surface area contributed by atoms with E-state index in [1.54, 1.807) is 24.3 Å². The lowest BCUT2D eigenvalue weighted by Crippen LogP contribution is -2.39. The second-order valence-electron chi connectivity index (χ2n) is 6.37. The summed E-state index contributed by atoms with van der Waals surface area (Å²) in [4.78, 5) is 30.8. The predicted molar refractivity (Wildman–Crippen MR) is 100 cm³/mol. The molecule has 1 aromatic heterocycles. The fraction of sp³-hybridized carbons (Fsp3) is 0.389. The first-order chi connectivity index (χ1) is 12.0. The fourth-order valence-corrected chi connectivity index (χ4v) is 3.73. The molecule has 0 aliphatic carbocycles. The molecule has 1 aromatic carbocycles. The summed E-state index contributed by atoms with van der Waals surface area (Å²) in [7, 11) is 0. The number of benzene rings is 1. The third-order valence-corrected chi connectivity index (χ3v) is 5.28. The van der Waals surface area contributed by atoms with Crippen LogP contribution in [-0.4, -0.2) is 34.8 Å². The molecule has 7 heteroatoms. The Hall–Kier alpha value is -1.92. The van der Waals surface area contributed by atoms with Crippen LogP contribution in [0.15, 0.2) is 29.6 Å². The van der Waals surface area contributed by atoms with Crippen LogP contribution in [0.2, 0.25) is 5.02 Å². The fourth-order valence-electron chi connectivity index (χ4n) is 2.90. The Morgan fingerprint density at radius 2 is 2.12 bits per heavy atom. The minimum Gasteiger partial charge on any atom is -0.342 e. The highest BCUT2D eigenvalue weighted by Crippen LogP contribution is 2.20. The minimum absolute atomic E-state index is 0.104. The number of piperidine rings is 1. The molecule has 25 heavy (non-hydrogen) atoms. The lowest BCUT2D eigenvalue weighted by Gasteiger charge is -2.30. The molecule has 0 spiro atoms. The third kappa shape index (κ3) is 4.80. The Bertz CT molecular complexity index is 760. The van der Waals surface area contributed by atoms with Crippen molar-refractivity contribution in [3.63, 3.8) is 0 Å². The Balaban J connectivity index is 1.57. The zero-order chi connectivity index (χ0) is 17.8. The Kier molecular flexibility index (Phi) is 5.71. The van der Waals surface area contributed by atoms with Crippen LogP contribution in [0.25, 0.3) is 0 Å². The highest BCUT2D eigenvalue weighted by atomic mass is 35.5. The van der Waals surface area contributed by atoms with Crippen molar-refractivity contribution in [3.05, 3.63) is 45.9 Å². The molecular weight excluding hydrogens is 358 g/mol. The van der Waals surface area contributed by atoms with Gasteiger partial charge in [0, 0.05) is 29.1 Å². The second-order valence-corrected chi connectivity index (χ2v) is 7.66. The largest absolute Gasteiger partial charge is 0.342 e. The molecule has 1 saturated heterocycles. The van der Waals surface area contributed by atoms with E-state index in [-0.39, 0.29) is 18.2 Å². The van der Waals surface area contributed by atoms with Gasteiger partial charge in [0.05, 0.1) is 12.1 Å². The third-order valence-electron chi connectivity index (χ3n) is 4.22. The number of anilines is 1. The molecule has 132 valence electrons. The normalized spacial score (nSPS) is 17.4. The monoisotopic (exact) mass is 377 g/mol. The average molecular weight is 378 g/mol. The average Bonchev–Trinajstić information content (AvgIpc) is 3.02. The number of halogens is 1. The van der Waals surface area contributed by atoms with Crippen molar-refractivity contribution in [1.82, 2.24) is 9.88 Å². The first-order valence-electron chi connectivity index (χ1n) is 8.30. The number of hydrogen-bond acceptors (Lipinski definition) is 4. The summed E-state index contributed by atoms with van der Waals surface area (Å²) in [6, 6.07) is 6.66. The molecule has 0 bridgehead atoms.